The molecule has 2 heterocycles. The van der Waals surface area contributed by atoms with Crippen LogP contribution in [0.15, 0.2) is 49.1 Å². The fourth-order valence-electron chi connectivity index (χ4n) is 6.48. The Balaban J connectivity index is 1.74. The van der Waals surface area contributed by atoms with Crippen molar-refractivity contribution in [2.45, 2.75) is 50.5 Å². The van der Waals surface area contributed by atoms with Crippen LogP contribution in [0.3, 0.4) is 0 Å². The number of allylic oxidation sites excluding steroid dienone is 2. The minimum absolute atomic E-state index is 0.00348. The standard InChI is InChI=1S/C33H27NO7/c1-5-15-40-31(39)34-24-11-9-7-8-10-12-25(36)33(32(24,41-33)18(3)4)22-17-23(35)26-27(28(22)34)30(38)21-16-19(6-2)13-14-20(21)29(26)37/h5,7-8,13-14,16-18,24-25,35-36H,1,6,15H2,2-4H3/b8-7-/t24-,25+,32-,33-/m0/s1. The summed E-state index contributed by atoms with van der Waals surface area (Å²) < 4.78 is 12.0. The van der Waals surface area contributed by atoms with Crippen molar-refractivity contribution in [1.29, 1.82) is 0 Å². The normalized spacial score (nSPS) is 27.1. The predicted octanol–water partition coefficient (Wildman–Crippen LogP) is 3.80. The lowest BCUT2D eigenvalue weighted by Gasteiger charge is -2.43. The fraction of sp³-hybridized carbons (Fsp3) is 0.303. The number of fused-ring (bicyclic) bond motifs is 4. The van der Waals surface area contributed by atoms with Crippen LogP contribution in [0.1, 0.15) is 63.7 Å². The molecule has 2 bridgehead atoms. The average molecular weight is 550 g/mol. The van der Waals surface area contributed by atoms with Gasteiger partial charge in [-0.15, -0.1) is 0 Å². The van der Waals surface area contributed by atoms with Crippen LogP contribution in [-0.4, -0.2) is 52.2 Å². The zero-order chi connectivity index (χ0) is 29.3. The first-order valence-corrected chi connectivity index (χ1v) is 13.4. The van der Waals surface area contributed by atoms with Gasteiger partial charge >= 0.3 is 6.09 Å². The van der Waals surface area contributed by atoms with E-state index < -0.39 is 46.8 Å². The van der Waals surface area contributed by atoms with Crippen molar-refractivity contribution < 1.29 is 34.1 Å². The number of hydrogen-bond donors (Lipinski definition) is 2. The van der Waals surface area contributed by atoms with Gasteiger partial charge in [-0.05, 0) is 42.2 Å². The molecule has 1 fully saturated rings. The van der Waals surface area contributed by atoms with Crippen LogP contribution in [0.2, 0.25) is 0 Å². The molecule has 0 aromatic heterocycles. The molecule has 8 nitrogen and oxygen atoms in total. The third-order valence-electron chi connectivity index (χ3n) is 8.34. The Morgan fingerprint density at radius 3 is 2.54 bits per heavy atom. The molecule has 1 amide bonds. The van der Waals surface area contributed by atoms with Gasteiger partial charge in [-0.3, -0.25) is 14.5 Å². The van der Waals surface area contributed by atoms with Gasteiger partial charge in [-0.2, -0.15) is 0 Å². The highest BCUT2D eigenvalue weighted by molar-refractivity contribution is 6.32. The van der Waals surface area contributed by atoms with E-state index in [0.717, 1.165) is 5.56 Å². The SMILES string of the molecule is C=CCOC(=O)N1c2c(cc(O)c3c2C(=O)c2cc(CC)ccc2C3=O)[C@@]23O[C@@]2(C(C)C)[C@@H]1C#C/C=C\C#C[C@H]3O. The van der Waals surface area contributed by atoms with E-state index in [-0.39, 0.29) is 46.0 Å². The molecule has 0 saturated carbocycles. The molecule has 4 atom stereocenters. The van der Waals surface area contributed by atoms with Crippen molar-refractivity contribution in [2.24, 2.45) is 5.92 Å². The van der Waals surface area contributed by atoms with Crippen LogP contribution >= 0.6 is 0 Å². The van der Waals surface area contributed by atoms with Gasteiger partial charge in [0.05, 0.1) is 16.8 Å². The zero-order valence-electron chi connectivity index (χ0n) is 22.8. The fourth-order valence-corrected chi connectivity index (χ4v) is 6.48. The molecular formula is C33H27NO7. The van der Waals surface area contributed by atoms with E-state index >= 15 is 0 Å². The number of hydrogen-bond acceptors (Lipinski definition) is 7. The monoisotopic (exact) mass is 549 g/mol. The molecule has 41 heavy (non-hydrogen) atoms. The predicted molar refractivity (Wildman–Crippen MR) is 150 cm³/mol. The third-order valence-corrected chi connectivity index (χ3v) is 8.34. The van der Waals surface area contributed by atoms with Crippen LogP contribution in [-0.2, 0) is 21.5 Å². The smallest absolute Gasteiger partial charge is 0.415 e. The molecule has 1 saturated heterocycles. The lowest BCUT2D eigenvalue weighted by Crippen LogP contribution is -2.59. The van der Waals surface area contributed by atoms with Gasteiger partial charge in [0.2, 0.25) is 0 Å². The summed E-state index contributed by atoms with van der Waals surface area (Å²) in [5, 5.41) is 22.9. The Kier molecular flexibility index (Phi) is 5.97. The van der Waals surface area contributed by atoms with Crippen molar-refractivity contribution in [3.63, 3.8) is 0 Å². The number of rotatable bonds is 4. The number of nitrogens with zero attached hydrogens (tertiary/aromatic N) is 1. The molecule has 2 aliphatic carbocycles. The van der Waals surface area contributed by atoms with E-state index in [9.17, 15) is 24.6 Å². The number of anilines is 1. The van der Waals surface area contributed by atoms with Gasteiger partial charge in [0.1, 0.15) is 24.0 Å². The van der Waals surface area contributed by atoms with E-state index in [1.807, 2.05) is 20.8 Å². The molecule has 8 heteroatoms. The number of aliphatic hydroxyl groups excluding tert-OH is 1. The van der Waals surface area contributed by atoms with Crippen LogP contribution in [0, 0.1) is 29.6 Å². The summed E-state index contributed by atoms with van der Waals surface area (Å²) in [6.07, 6.45) is 2.73. The molecule has 2 aliphatic heterocycles. The minimum atomic E-state index is -1.56. The number of amides is 1. The van der Waals surface area contributed by atoms with Gasteiger partial charge < -0.3 is 19.7 Å². The Morgan fingerprint density at radius 2 is 1.85 bits per heavy atom. The van der Waals surface area contributed by atoms with Crippen LogP contribution < -0.4 is 4.90 Å². The molecule has 2 aromatic carbocycles. The van der Waals surface area contributed by atoms with Gasteiger partial charge in [0.15, 0.2) is 23.3 Å². The van der Waals surface area contributed by atoms with E-state index in [2.05, 4.69) is 30.3 Å². The van der Waals surface area contributed by atoms with Crippen LogP contribution in [0.25, 0.3) is 0 Å². The minimum Gasteiger partial charge on any atom is -0.507 e. The summed E-state index contributed by atoms with van der Waals surface area (Å²) in [6.45, 7) is 9.15. The number of ketones is 2. The number of aromatic hydroxyl groups is 1. The molecule has 206 valence electrons. The van der Waals surface area contributed by atoms with Crippen LogP contribution in [0.5, 0.6) is 5.75 Å². The second kappa shape index (κ2) is 9.21. The van der Waals surface area contributed by atoms with E-state index in [0.29, 0.717) is 6.42 Å². The number of benzene rings is 2. The van der Waals surface area contributed by atoms with Gasteiger partial charge in [-0.1, -0.05) is 69.2 Å². The quantitative estimate of drug-likeness (QED) is 0.289. The van der Waals surface area contributed by atoms with Crippen molar-refractivity contribution >= 4 is 23.3 Å². The van der Waals surface area contributed by atoms with Crippen molar-refractivity contribution in [3.8, 4) is 29.4 Å². The highest BCUT2D eigenvalue weighted by Crippen LogP contribution is 2.70. The van der Waals surface area contributed by atoms with E-state index in [1.165, 1.54) is 29.2 Å². The molecule has 0 spiro atoms. The van der Waals surface area contributed by atoms with Crippen molar-refractivity contribution in [1.82, 2.24) is 0 Å². The highest BCUT2D eigenvalue weighted by atomic mass is 16.6. The topological polar surface area (TPSA) is 117 Å². The first kappa shape index (κ1) is 26.6. The van der Waals surface area contributed by atoms with Gasteiger partial charge in [0, 0.05) is 16.7 Å². The maximum atomic E-state index is 14.3. The maximum Gasteiger partial charge on any atom is 0.415 e. The van der Waals surface area contributed by atoms with Gasteiger partial charge in [0.25, 0.3) is 0 Å². The molecule has 4 aliphatic rings. The summed E-state index contributed by atoms with van der Waals surface area (Å²) in [6, 6.07) is 5.24. The van der Waals surface area contributed by atoms with Gasteiger partial charge in [-0.25, -0.2) is 4.79 Å². The third kappa shape index (κ3) is 3.35. The second-order valence-electron chi connectivity index (χ2n) is 10.7. The first-order chi connectivity index (χ1) is 19.6. The molecule has 6 rings (SSSR count). The summed E-state index contributed by atoms with van der Waals surface area (Å²) in [4.78, 5) is 43.2. The number of phenols is 1. The Bertz CT molecular complexity index is 1730. The Hall–Kier alpha value is -4.63. The summed E-state index contributed by atoms with van der Waals surface area (Å²) >= 11 is 0. The van der Waals surface area contributed by atoms with E-state index in [4.69, 9.17) is 9.47 Å². The summed E-state index contributed by atoms with van der Waals surface area (Å²) in [7, 11) is 0. The highest BCUT2D eigenvalue weighted by Gasteiger charge is 2.83. The molecule has 2 aromatic rings. The largest absolute Gasteiger partial charge is 0.507 e. The van der Waals surface area contributed by atoms with Crippen molar-refractivity contribution in [3.05, 3.63) is 82.5 Å². The summed E-state index contributed by atoms with van der Waals surface area (Å²) in [5.74, 6) is 9.63. The lowest BCUT2D eigenvalue weighted by atomic mass is 9.67. The number of epoxide rings is 1. The number of aliphatic hydroxyl groups is 1. The second-order valence-corrected chi connectivity index (χ2v) is 10.7. The molecular weight excluding hydrogens is 522 g/mol. The Morgan fingerprint density at radius 1 is 1.15 bits per heavy atom. The molecule has 0 unspecified atom stereocenters. The lowest BCUT2D eigenvalue weighted by molar-refractivity contribution is 0.0974. The number of ether oxygens (including phenoxy) is 2. The number of phenolic OH excluding ortho intramolecular Hbond substituents is 1. The zero-order valence-corrected chi connectivity index (χ0v) is 22.8. The van der Waals surface area contributed by atoms with E-state index in [1.54, 1.807) is 18.2 Å². The first-order valence-electron chi connectivity index (χ1n) is 13.4. The Labute approximate surface area is 237 Å². The maximum absolute atomic E-state index is 14.3. The number of carbonyl (C=O) groups is 3. The molecule has 0 radical (unpaired) electrons. The average Bonchev–Trinajstić information content (AvgIpc) is 3.69. The molecule has 2 N–H and O–H groups in total. The van der Waals surface area contributed by atoms with Crippen LogP contribution in [0.4, 0.5) is 10.5 Å². The summed E-state index contributed by atoms with van der Waals surface area (Å²) in [5.41, 5.74) is -1.95. The number of aryl methyl sites for hydroxylation is 1. The number of carbonyl (C=O) groups excluding carboxylic acids is 3. The van der Waals surface area contributed by atoms with Crippen molar-refractivity contribution in [2.75, 3.05) is 11.5 Å².